The van der Waals surface area contributed by atoms with Crippen LogP contribution in [0.4, 0.5) is 0 Å². The van der Waals surface area contributed by atoms with E-state index in [1.54, 1.807) is 18.2 Å². The second-order valence-corrected chi connectivity index (χ2v) is 6.68. The zero-order valence-corrected chi connectivity index (χ0v) is 16.3. The lowest BCUT2D eigenvalue weighted by Crippen LogP contribution is -2.20. The first kappa shape index (κ1) is 22.0. The maximum absolute atomic E-state index is 12.3. The number of carbonyl (C=O) groups excluding carboxylic acids is 2. The van der Waals surface area contributed by atoms with Gasteiger partial charge in [0.2, 0.25) is 0 Å². The minimum Gasteiger partial charge on any atom is -0.504 e. The molecule has 0 saturated carbocycles. The summed E-state index contributed by atoms with van der Waals surface area (Å²) in [6.07, 6.45) is 7.29. The van der Waals surface area contributed by atoms with Crippen LogP contribution in [0.25, 0.3) is 0 Å². The van der Waals surface area contributed by atoms with Crippen molar-refractivity contribution in [2.45, 2.75) is 77.7 Å². The maximum atomic E-state index is 12.3. The van der Waals surface area contributed by atoms with E-state index in [1.807, 2.05) is 0 Å². The minimum absolute atomic E-state index is 0.0804. The molecule has 0 heterocycles. The molecule has 5 nitrogen and oxygen atoms in total. The Morgan fingerprint density at radius 2 is 1.88 bits per heavy atom. The molecule has 0 spiro atoms. The van der Waals surface area contributed by atoms with E-state index >= 15 is 0 Å². The van der Waals surface area contributed by atoms with Gasteiger partial charge >= 0.3 is 5.97 Å². The van der Waals surface area contributed by atoms with E-state index in [0.717, 1.165) is 24.8 Å². The highest BCUT2D eigenvalue weighted by atomic mass is 16.5. The number of unbranched alkanes of at least 4 members (excludes halogenated alkanes) is 4. The fraction of sp³-hybridized carbons (Fsp3) is 0.619. The SMILES string of the molecule is CCCCCCCC(CC(=O)CCc1ccc(O)c(OC)c1)OC(C)=O. The van der Waals surface area contributed by atoms with Crippen LogP contribution in [0.15, 0.2) is 18.2 Å². The molecule has 0 aliphatic rings. The predicted molar refractivity (Wildman–Crippen MR) is 102 cm³/mol. The van der Waals surface area contributed by atoms with E-state index < -0.39 is 0 Å². The highest BCUT2D eigenvalue weighted by Gasteiger charge is 2.17. The summed E-state index contributed by atoms with van der Waals surface area (Å²) in [5, 5.41) is 9.61. The van der Waals surface area contributed by atoms with Crippen LogP contribution in [-0.4, -0.2) is 30.1 Å². The molecule has 26 heavy (non-hydrogen) atoms. The molecule has 0 radical (unpaired) electrons. The summed E-state index contributed by atoms with van der Waals surface area (Å²) in [4.78, 5) is 23.6. The number of phenols is 1. The predicted octanol–water partition coefficient (Wildman–Crippen LogP) is 4.58. The Bertz CT molecular complexity index is 568. The molecule has 0 bridgehead atoms. The number of hydrogen-bond acceptors (Lipinski definition) is 5. The number of benzene rings is 1. The highest BCUT2D eigenvalue weighted by Crippen LogP contribution is 2.27. The third-order valence-electron chi connectivity index (χ3n) is 4.35. The molecule has 1 unspecified atom stereocenters. The Balaban J connectivity index is 2.45. The fourth-order valence-electron chi connectivity index (χ4n) is 2.93. The smallest absolute Gasteiger partial charge is 0.302 e. The van der Waals surface area contributed by atoms with Gasteiger partial charge in [-0.05, 0) is 37.0 Å². The van der Waals surface area contributed by atoms with Gasteiger partial charge in [-0.25, -0.2) is 0 Å². The number of esters is 1. The van der Waals surface area contributed by atoms with E-state index in [0.29, 0.717) is 18.6 Å². The molecule has 1 rings (SSSR count). The monoisotopic (exact) mass is 364 g/mol. The van der Waals surface area contributed by atoms with Gasteiger partial charge in [0.1, 0.15) is 11.9 Å². The van der Waals surface area contributed by atoms with E-state index in [4.69, 9.17) is 9.47 Å². The summed E-state index contributed by atoms with van der Waals surface area (Å²) in [5.41, 5.74) is 0.927. The summed E-state index contributed by atoms with van der Waals surface area (Å²) in [6.45, 7) is 3.56. The first-order valence-electron chi connectivity index (χ1n) is 9.51. The number of rotatable bonds is 13. The summed E-state index contributed by atoms with van der Waals surface area (Å²) in [6, 6.07) is 5.08. The molecule has 0 aliphatic carbocycles. The number of hydrogen-bond donors (Lipinski definition) is 1. The molecule has 0 amide bonds. The van der Waals surface area contributed by atoms with E-state index in [1.165, 1.54) is 33.3 Å². The molecule has 1 atom stereocenters. The lowest BCUT2D eigenvalue weighted by atomic mass is 10.0. The van der Waals surface area contributed by atoms with Crippen molar-refractivity contribution in [3.05, 3.63) is 23.8 Å². The topological polar surface area (TPSA) is 72.8 Å². The van der Waals surface area contributed by atoms with E-state index in [-0.39, 0.29) is 30.0 Å². The molecule has 1 aromatic carbocycles. The van der Waals surface area contributed by atoms with Gasteiger partial charge in [0.05, 0.1) is 7.11 Å². The molecule has 146 valence electrons. The number of aromatic hydroxyl groups is 1. The van der Waals surface area contributed by atoms with Crippen LogP contribution >= 0.6 is 0 Å². The van der Waals surface area contributed by atoms with Crippen molar-refractivity contribution in [1.82, 2.24) is 0 Å². The molecular formula is C21H32O5. The highest BCUT2D eigenvalue weighted by molar-refractivity contribution is 5.79. The number of methoxy groups -OCH3 is 1. The average molecular weight is 364 g/mol. The standard InChI is InChI=1S/C21H32O5/c1-4-5-6-7-8-9-19(26-16(2)22)15-18(23)12-10-17-11-13-20(24)21(14-17)25-3/h11,13-14,19,24H,4-10,12,15H2,1-3H3. The van der Waals surface area contributed by atoms with Crippen molar-refractivity contribution in [2.24, 2.45) is 0 Å². The zero-order valence-electron chi connectivity index (χ0n) is 16.3. The number of carbonyl (C=O) groups is 2. The molecule has 1 aromatic rings. The van der Waals surface area contributed by atoms with E-state index in [9.17, 15) is 14.7 Å². The Kier molecular flexibility index (Phi) is 10.4. The lowest BCUT2D eigenvalue weighted by Gasteiger charge is -2.16. The van der Waals surface area contributed by atoms with Crippen molar-refractivity contribution < 1.29 is 24.2 Å². The van der Waals surface area contributed by atoms with Gasteiger partial charge in [-0.1, -0.05) is 38.7 Å². The van der Waals surface area contributed by atoms with E-state index in [2.05, 4.69) is 6.92 Å². The number of Topliss-reactive ketones (excluding diaryl/α,β-unsaturated/α-hetero) is 1. The number of ketones is 1. The molecule has 0 fully saturated rings. The summed E-state index contributed by atoms with van der Waals surface area (Å²) < 4.78 is 10.4. The van der Waals surface area contributed by atoms with Crippen LogP contribution in [0.5, 0.6) is 11.5 Å². The molecular weight excluding hydrogens is 332 g/mol. The minimum atomic E-state index is -0.334. The average Bonchev–Trinajstić information content (AvgIpc) is 2.60. The van der Waals surface area contributed by atoms with Crippen LogP contribution in [-0.2, 0) is 20.7 Å². The quantitative estimate of drug-likeness (QED) is 0.409. The Morgan fingerprint density at radius 1 is 1.15 bits per heavy atom. The molecule has 0 aliphatic heterocycles. The van der Waals surface area contributed by atoms with Crippen molar-refractivity contribution in [3.8, 4) is 11.5 Å². The molecule has 5 heteroatoms. The van der Waals surface area contributed by atoms with Crippen molar-refractivity contribution in [2.75, 3.05) is 7.11 Å². The first-order chi connectivity index (χ1) is 12.5. The Labute approximate surface area is 156 Å². The van der Waals surface area contributed by atoms with Crippen molar-refractivity contribution >= 4 is 11.8 Å². The summed E-state index contributed by atoms with van der Waals surface area (Å²) in [7, 11) is 1.49. The summed E-state index contributed by atoms with van der Waals surface area (Å²) >= 11 is 0. The van der Waals surface area contributed by atoms with Gasteiger partial charge in [-0.15, -0.1) is 0 Å². The van der Waals surface area contributed by atoms with Gasteiger partial charge in [-0.3, -0.25) is 9.59 Å². The van der Waals surface area contributed by atoms with Crippen LogP contribution in [0.3, 0.4) is 0 Å². The van der Waals surface area contributed by atoms with Gasteiger partial charge < -0.3 is 14.6 Å². The second-order valence-electron chi connectivity index (χ2n) is 6.68. The fourth-order valence-corrected chi connectivity index (χ4v) is 2.93. The van der Waals surface area contributed by atoms with Gasteiger partial charge in [0.15, 0.2) is 11.5 Å². The maximum Gasteiger partial charge on any atom is 0.302 e. The van der Waals surface area contributed by atoms with Gasteiger partial charge in [-0.2, -0.15) is 0 Å². The van der Waals surface area contributed by atoms with Crippen LogP contribution in [0, 0.1) is 0 Å². The third kappa shape index (κ3) is 8.88. The van der Waals surface area contributed by atoms with Crippen LogP contribution in [0.2, 0.25) is 0 Å². The molecule has 0 aromatic heterocycles. The van der Waals surface area contributed by atoms with Crippen molar-refractivity contribution in [3.63, 3.8) is 0 Å². The second kappa shape index (κ2) is 12.3. The molecule has 1 N–H and O–H groups in total. The zero-order chi connectivity index (χ0) is 19.4. The first-order valence-corrected chi connectivity index (χ1v) is 9.51. The van der Waals surface area contributed by atoms with Gasteiger partial charge in [0.25, 0.3) is 0 Å². The number of phenolic OH excluding ortho intramolecular Hbond substituents is 1. The summed E-state index contributed by atoms with van der Waals surface area (Å²) in [5.74, 6) is 0.233. The lowest BCUT2D eigenvalue weighted by molar-refractivity contribution is -0.148. The Hall–Kier alpha value is -2.04. The van der Waals surface area contributed by atoms with Gasteiger partial charge in [0, 0.05) is 19.8 Å². The largest absolute Gasteiger partial charge is 0.504 e. The number of ether oxygens (including phenoxy) is 2. The number of aryl methyl sites for hydroxylation is 1. The Morgan fingerprint density at radius 3 is 2.54 bits per heavy atom. The normalized spacial score (nSPS) is 11.8. The van der Waals surface area contributed by atoms with Crippen LogP contribution in [0.1, 0.15) is 70.8 Å². The third-order valence-corrected chi connectivity index (χ3v) is 4.35. The van der Waals surface area contributed by atoms with Crippen molar-refractivity contribution in [1.29, 1.82) is 0 Å². The molecule has 0 saturated heterocycles. The van der Waals surface area contributed by atoms with Crippen LogP contribution < -0.4 is 4.74 Å².